The zero-order valence-electron chi connectivity index (χ0n) is 14.4. The van der Waals surface area contributed by atoms with Gasteiger partial charge in [0.05, 0.1) is 0 Å². The van der Waals surface area contributed by atoms with Gasteiger partial charge < -0.3 is 4.57 Å². The second kappa shape index (κ2) is 6.16. The SMILES string of the molecule is CCCn1c(C)c(Cc2ccccc2)c2c3ccccc3ccc21. The van der Waals surface area contributed by atoms with Crippen LogP contribution in [0.2, 0.25) is 0 Å². The molecule has 0 fully saturated rings. The molecule has 4 aromatic rings. The third-order valence-electron chi connectivity index (χ3n) is 5.01. The predicted molar refractivity (Wildman–Crippen MR) is 104 cm³/mol. The molecule has 0 aliphatic rings. The highest BCUT2D eigenvalue weighted by Gasteiger charge is 2.16. The van der Waals surface area contributed by atoms with Gasteiger partial charge in [-0.15, -0.1) is 0 Å². The Kier molecular flexibility index (Phi) is 3.86. The lowest BCUT2D eigenvalue weighted by atomic mass is 9.98. The van der Waals surface area contributed by atoms with Crippen molar-refractivity contribution in [2.24, 2.45) is 0 Å². The van der Waals surface area contributed by atoms with Crippen LogP contribution in [0.15, 0.2) is 66.7 Å². The van der Waals surface area contributed by atoms with Gasteiger partial charge in [-0.2, -0.15) is 0 Å². The van der Waals surface area contributed by atoms with E-state index in [1.807, 2.05) is 0 Å². The summed E-state index contributed by atoms with van der Waals surface area (Å²) in [6.45, 7) is 5.61. The van der Waals surface area contributed by atoms with Crippen molar-refractivity contribution in [3.8, 4) is 0 Å². The number of hydrogen-bond acceptors (Lipinski definition) is 0. The molecule has 1 nitrogen and oxygen atoms in total. The molecule has 0 atom stereocenters. The molecule has 24 heavy (non-hydrogen) atoms. The van der Waals surface area contributed by atoms with Crippen LogP contribution in [-0.4, -0.2) is 4.57 Å². The van der Waals surface area contributed by atoms with Gasteiger partial charge in [-0.25, -0.2) is 0 Å². The third-order valence-corrected chi connectivity index (χ3v) is 5.01. The summed E-state index contributed by atoms with van der Waals surface area (Å²) in [6, 6.07) is 24.1. The molecular weight excluding hydrogens is 290 g/mol. The first-order valence-corrected chi connectivity index (χ1v) is 8.83. The highest BCUT2D eigenvalue weighted by molar-refractivity contribution is 6.09. The number of aryl methyl sites for hydroxylation is 1. The Balaban J connectivity index is 2.02. The molecule has 0 spiro atoms. The summed E-state index contributed by atoms with van der Waals surface area (Å²) in [5.74, 6) is 0. The Hall–Kier alpha value is -2.54. The van der Waals surface area contributed by atoms with E-state index in [0.29, 0.717) is 0 Å². The van der Waals surface area contributed by atoms with Crippen LogP contribution >= 0.6 is 0 Å². The highest BCUT2D eigenvalue weighted by Crippen LogP contribution is 2.34. The average Bonchev–Trinajstić information content (AvgIpc) is 2.89. The van der Waals surface area contributed by atoms with Gasteiger partial charge in [0.2, 0.25) is 0 Å². The van der Waals surface area contributed by atoms with E-state index in [2.05, 4.69) is 85.1 Å². The Morgan fingerprint density at radius 3 is 2.38 bits per heavy atom. The quantitative estimate of drug-likeness (QED) is 0.429. The van der Waals surface area contributed by atoms with Crippen LogP contribution in [0.25, 0.3) is 21.7 Å². The van der Waals surface area contributed by atoms with Gasteiger partial charge in [0, 0.05) is 23.1 Å². The van der Waals surface area contributed by atoms with Crippen molar-refractivity contribution in [3.05, 3.63) is 83.6 Å². The summed E-state index contributed by atoms with van der Waals surface area (Å²) in [5.41, 5.74) is 5.64. The zero-order valence-corrected chi connectivity index (χ0v) is 14.4. The molecule has 0 N–H and O–H groups in total. The van der Waals surface area contributed by atoms with Crippen LogP contribution in [-0.2, 0) is 13.0 Å². The van der Waals surface area contributed by atoms with Gasteiger partial charge in [-0.05, 0) is 47.7 Å². The molecule has 0 saturated carbocycles. The van der Waals surface area contributed by atoms with Crippen LogP contribution in [0.3, 0.4) is 0 Å². The fourth-order valence-corrected chi connectivity index (χ4v) is 3.85. The molecule has 3 aromatic carbocycles. The van der Waals surface area contributed by atoms with Crippen LogP contribution in [0, 0.1) is 6.92 Å². The molecule has 0 aliphatic heterocycles. The van der Waals surface area contributed by atoms with Crippen LogP contribution in [0.4, 0.5) is 0 Å². The highest BCUT2D eigenvalue weighted by atomic mass is 15.0. The summed E-state index contributed by atoms with van der Waals surface area (Å²) < 4.78 is 2.50. The maximum Gasteiger partial charge on any atom is 0.0491 e. The van der Waals surface area contributed by atoms with E-state index in [4.69, 9.17) is 0 Å². The van der Waals surface area contributed by atoms with E-state index < -0.39 is 0 Å². The van der Waals surface area contributed by atoms with Gasteiger partial charge >= 0.3 is 0 Å². The largest absolute Gasteiger partial charge is 0.345 e. The minimum Gasteiger partial charge on any atom is -0.345 e. The minimum atomic E-state index is 0.994. The van der Waals surface area contributed by atoms with E-state index in [1.165, 1.54) is 38.5 Å². The minimum absolute atomic E-state index is 0.994. The summed E-state index contributed by atoms with van der Waals surface area (Å²) in [4.78, 5) is 0. The molecule has 0 radical (unpaired) electrons. The van der Waals surface area contributed by atoms with Crippen molar-refractivity contribution in [2.45, 2.75) is 33.2 Å². The smallest absolute Gasteiger partial charge is 0.0491 e. The molecule has 1 heterocycles. The second-order valence-electron chi connectivity index (χ2n) is 6.56. The van der Waals surface area contributed by atoms with Gasteiger partial charge in [-0.1, -0.05) is 67.6 Å². The monoisotopic (exact) mass is 313 g/mol. The van der Waals surface area contributed by atoms with Crippen molar-refractivity contribution in [3.63, 3.8) is 0 Å². The standard InChI is InChI=1S/C23H23N/c1-3-15-24-17(2)21(16-18-9-5-4-6-10-18)23-20-12-8-7-11-19(20)13-14-22(23)24/h4-14H,3,15-16H2,1-2H3. The molecule has 120 valence electrons. The van der Waals surface area contributed by atoms with E-state index >= 15 is 0 Å². The Morgan fingerprint density at radius 1 is 0.833 bits per heavy atom. The third kappa shape index (κ3) is 2.41. The number of aromatic nitrogens is 1. The molecule has 1 aromatic heterocycles. The van der Waals surface area contributed by atoms with Gasteiger partial charge in [-0.3, -0.25) is 0 Å². The van der Waals surface area contributed by atoms with Crippen molar-refractivity contribution in [1.82, 2.24) is 4.57 Å². The van der Waals surface area contributed by atoms with E-state index in [1.54, 1.807) is 0 Å². The van der Waals surface area contributed by atoms with Gasteiger partial charge in [0.1, 0.15) is 0 Å². The molecule has 0 aliphatic carbocycles. The second-order valence-corrected chi connectivity index (χ2v) is 6.56. The Labute approximate surface area is 143 Å². The summed E-state index contributed by atoms with van der Waals surface area (Å²) in [6.07, 6.45) is 2.15. The molecular formula is C23H23N. The summed E-state index contributed by atoms with van der Waals surface area (Å²) in [5, 5.41) is 4.13. The number of rotatable bonds is 4. The number of benzene rings is 3. The Bertz CT molecular complexity index is 993. The predicted octanol–water partition coefficient (Wildman–Crippen LogP) is 6.10. The number of nitrogens with zero attached hydrogens (tertiary/aromatic N) is 1. The van der Waals surface area contributed by atoms with E-state index in [9.17, 15) is 0 Å². The van der Waals surface area contributed by atoms with Crippen molar-refractivity contribution in [2.75, 3.05) is 0 Å². The number of hydrogen-bond donors (Lipinski definition) is 0. The lowest BCUT2D eigenvalue weighted by Crippen LogP contribution is -2.00. The molecule has 0 bridgehead atoms. The normalized spacial score (nSPS) is 11.4. The molecule has 0 amide bonds. The first kappa shape index (κ1) is 15.0. The maximum atomic E-state index is 2.50. The molecule has 0 saturated heterocycles. The lowest BCUT2D eigenvalue weighted by Gasteiger charge is -2.07. The van der Waals surface area contributed by atoms with E-state index in [0.717, 1.165) is 19.4 Å². The van der Waals surface area contributed by atoms with Crippen LogP contribution in [0.5, 0.6) is 0 Å². The maximum absolute atomic E-state index is 2.50. The van der Waals surface area contributed by atoms with E-state index in [-0.39, 0.29) is 0 Å². The molecule has 4 rings (SSSR count). The fraction of sp³-hybridized carbons (Fsp3) is 0.217. The lowest BCUT2D eigenvalue weighted by molar-refractivity contribution is 0.682. The van der Waals surface area contributed by atoms with Crippen molar-refractivity contribution < 1.29 is 0 Å². The Morgan fingerprint density at radius 2 is 1.58 bits per heavy atom. The first-order valence-electron chi connectivity index (χ1n) is 8.83. The van der Waals surface area contributed by atoms with Crippen LogP contribution < -0.4 is 0 Å². The van der Waals surface area contributed by atoms with Gasteiger partial charge in [0.15, 0.2) is 0 Å². The van der Waals surface area contributed by atoms with Crippen molar-refractivity contribution >= 4 is 21.7 Å². The summed E-state index contributed by atoms with van der Waals surface area (Å²) >= 11 is 0. The summed E-state index contributed by atoms with van der Waals surface area (Å²) in [7, 11) is 0. The number of fused-ring (bicyclic) bond motifs is 3. The molecule has 1 heteroatoms. The molecule has 0 unspecified atom stereocenters. The fourth-order valence-electron chi connectivity index (χ4n) is 3.85. The average molecular weight is 313 g/mol. The zero-order chi connectivity index (χ0) is 16.5. The topological polar surface area (TPSA) is 4.93 Å². The van der Waals surface area contributed by atoms with Crippen LogP contribution in [0.1, 0.15) is 30.2 Å². The van der Waals surface area contributed by atoms with Crippen molar-refractivity contribution in [1.29, 1.82) is 0 Å². The van der Waals surface area contributed by atoms with Gasteiger partial charge in [0.25, 0.3) is 0 Å². The first-order chi connectivity index (χ1) is 11.8.